The molecule has 1 aromatic carbocycles. The van der Waals surface area contributed by atoms with Gasteiger partial charge in [-0.25, -0.2) is 4.79 Å². The number of urea groups is 1. The first-order valence-corrected chi connectivity index (χ1v) is 5.63. The molecule has 0 spiro atoms. The van der Waals surface area contributed by atoms with E-state index in [1.807, 2.05) is 0 Å². The van der Waals surface area contributed by atoms with Crippen LogP contribution in [-0.4, -0.2) is 25.2 Å². The first kappa shape index (κ1) is 10.9. The number of benzene rings is 1. The van der Waals surface area contributed by atoms with Crippen LogP contribution in [0, 0.1) is 0 Å². The lowest BCUT2D eigenvalue weighted by Crippen LogP contribution is -2.40. The molecular formula is C12H12N2O4. The maximum Gasteiger partial charge on any atom is 0.322 e. The topological polar surface area (TPSA) is 76.7 Å². The number of carbonyl (C=O) groups is 2. The third-order valence-electron chi connectivity index (χ3n) is 3.16. The number of carbonyl (C=O) groups excluding carboxylic acids is 2. The molecule has 2 heterocycles. The van der Waals surface area contributed by atoms with Gasteiger partial charge < -0.3 is 14.8 Å². The molecule has 3 rings (SSSR count). The molecule has 2 aliphatic heterocycles. The molecule has 94 valence electrons. The van der Waals surface area contributed by atoms with Gasteiger partial charge in [0, 0.05) is 0 Å². The molecule has 1 unspecified atom stereocenters. The van der Waals surface area contributed by atoms with Gasteiger partial charge in [-0.15, -0.1) is 0 Å². The second-order valence-electron chi connectivity index (χ2n) is 4.39. The lowest BCUT2D eigenvalue weighted by molar-refractivity contribution is -0.123. The number of ether oxygens (including phenoxy) is 2. The SMILES string of the molecule is CC1(c2ccc3c(c2)OCCO3)NC(=O)NC1=O. The zero-order valence-electron chi connectivity index (χ0n) is 9.78. The molecule has 0 radical (unpaired) electrons. The molecule has 6 nitrogen and oxygen atoms in total. The van der Waals surface area contributed by atoms with Crippen LogP contribution in [0.1, 0.15) is 12.5 Å². The Balaban J connectivity index is 2.02. The van der Waals surface area contributed by atoms with E-state index in [2.05, 4.69) is 10.6 Å². The van der Waals surface area contributed by atoms with Gasteiger partial charge >= 0.3 is 6.03 Å². The summed E-state index contributed by atoms with van der Waals surface area (Å²) < 4.78 is 10.9. The Bertz CT molecular complexity index is 543. The standard InChI is InChI=1S/C12H12N2O4/c1-12(10(15)13-11(16)14-12)7-2-3-8-9(6-7)18-5-4-17-8/h2-3,6H,4-5H2,1H3,(H2,13,14,15,16). The van der Waals surface area contributed by atoms with Gasteiger partial charge in [0.2, 0.25) is 0 Å². The first-order chi connectivity index (χ1) is 8.59. The molecular weight excluding hydrogens is 236 g/mol. The van der Waals surface area contributed by atoms with Crippen LogP contribution in [0.3, 0.4) is 0 Å². The Labute approximate surface area is 103 Å². The van der Waals surface area contributed by atoms with Crippen LogP contribution in [0.5, 0.6) is 11.5 Å². The summed E-state index contributed by atoms with van der Waals surface area (Å²) in [5.41, 5.74) is -0.400. The summed E-state index contributed by atoms with van der Waals surface area (Å²) in [5, 5.41) is 4.83. The Hall–Kier alpha value is -2.24. The van der Waals surface area contributed by atoms with Gasteiger partial charge in [-0.05, 0) is 24.6 Å². The Morgan fingerprint density at radius 1 is 1.17 bits per heavy atom. The van der Waals surface area contributed by atoms with E-state index in [4.69, 9.17) is 9.47 Å². The first-order valence-electron chi connectivity index (χ1n) is 5.63. The fraction of sp³-hybridized carbons (Fsp3) is 0.333. The van der Waals surface area contributed by atoms with Gasteiger partial charge in [0.25, 0.3) is 5.91 Å². The summed E-state index contributed by atoms with van der Waals surface area (Å²) >= 11 is 0. The molecule has 18 heavy (non-hydrogen) atoms. The third-order valence-corrected chi connectivity index (χ3v) is 3.16. The van der Waals surface area contributed by atoms with E-state index in [0.29, 0.717) is 30.3 Å². The molecule has 0 aliphatic carbocycles. The zero-order valence-corrected chi connectivity index (χ0v) is 9.78. The third kappa shape index (κ3) is 1.49. The molecule has 1 saturated heterocycles. The van der Waals surface area contributed by atoms with E-state index in [-0.39, 0.29) is 5.91 Å². The highest BCUT2D eigenvalue weighted by atomic mass is 16.6. The van der Waals surface area contributed by atoms with Crippen molar-refractivity contribution < 1.29 is 19.1 Å². The van der Waals surface area contributed by atoms with Crippen molar-refractivity contribution in [3.63, 3.8) is 0 Å². The highest BCUT2D eigenvalue weighted by molar-refractivity contribution is 6.07. The highest BCUT2D eigenvalue weighted by Gasteiger charge is 2.43. The van der Waals surface area contributed by atoms with Crippen LogP contribution in [0.4, 0.5) is 4.79 Å². The Morgan fingerprint density at radius 3 is 2.56 bits per heavy atom. The Kier molecular flexibility index (Phi) is 2.19. The number of amides is 3. The van der Waals surface area contributed by atoms with Crippen LogP contribution in [-0.2, 0) is 10.3 Å². The van der Waals surface area contributed by atoms with Crippen LogP contribution < -0.4 is 20.1 Å². The van der Waals surface area contributed by atoms with E-state index in [1.165, 1.54) is 0 Å². The van der Waals surface area contributed by atoms with Gasteiger partial charge in [-0.2, -0.15) is 0 Å². The summed E-state index contributed by atoms with van der Waals surface area (Å²) in [6, 6.07) is 4.72. The summed E-state index contributed by atoms with van der Waals surface area (Å²) in [4.78, 5) is 23.0. The van der Waals surface area contributed by atoms with Gasteiger partial charge in [-0.1, -0.05) is 6.07 Å². The number of imide groups is 1. The Morgan fingerprint density at radius 2 is 1.89 bits per heavy atom. The quantitative estimate of drug-likeness (QED) is 0.710. The van der Waals surface area contributed by atoms with Gasteiger partial charge in [0.15, 0.2) is 11.5 Å². The van der Waals surface area contributed by atoms with Crippen molar-refractivity contribution in [2.75, 3.05) is 13.2 Å². The minimum Gasteiger partial charge on any atom is -0.486 e. The average Bonchev–Trinajstić information content (AvgIpc) is 2.63. The lowest BCUT2D eigenvalue weighted by atomic mass is 9.92. The molecule has 1 aromatic rings. The fourth-order valence-electron chi connectivity index (χ4n) is 2.10. The van der Waals surface area contributed by atoms with Gasteiger partial charge in [0.1, 0.15) is 18.8 Å². The fourth-order valence-corrected chi connectivity index (χ4v) is 2.10. The van der Waals surface area contributed by atoms with Crippen LogP contribution in [0.25, 0.3) is 0 Å². The predicted molar refractivity (Wildman–Crippen MR) is 61.5 cm³/mol. The zero-order chi connectivity index (χ0) is 12.8. The van der Waals surface area contributed by atoms with E-state index in [0.717, 1.165) is 0 Å². The van der Waals surface area contributed by atoms with Crippen molar-refractivity contribution in [2.24, 2.45) is 0 Å². The second kappa shape index (κ2) is 3.63. The molecule has 2 N–H and O–H groups in total. The molecule has 0 aromatic heterocycles. The van der Waals surface area contributed by atoms with Gasteiger partial charge in [-0.3, -0.25) is 10.1 Å². The van der Waals surface area contributed by atoms with Crippen LogP contribution in [0.2, 0.25) is 0 Å². The molecule has 0 saturated carbocycles. The largest absolute Gasteiger partial charge is 0.486 e. The van der Waals surface area contributed by atoms with Crippen LogP contribution in [0.15, 0.2) is 18.2 Å². The van der Waals surface area contributed by atoms with E-state index < -0.39 is 11.6 Å². The van der Waals surface area contributed by atoms with Crippen molar-refractivity contribution in [1.82, 2.24) is 10.6 Å². The number of hydrogen-bond donors (Lipinski definition) is 2. The summed E-state index contributed by atoms with van der Waals surface area (Å²) in [6.45, 7) is 2.64. The smallest absolute Gasteiger partial charge is 0.322 e. The van der Waals surface area contributed by atoms with Crippen molar-refractivity contribution in [1.29, 1.82) is 0 Å². The van der Waals surface area contributed by atoms with E-state index in [1.54, 1.807) is 25.1 Å². The highest BCUT2D eigenvalue weighted by Crippen LogP contribution is 2.35. The average molecular weight is 248 g/mol. The molecule has 6 heteroatoms. The maximum absolute atomic E-state index is 11.8. The maximum atomic E-state index is 11.8. The summed E-state index contributed by atoms with van der Waals surface area (Å²) in [7, 11) is 0. The molecule has 1 atom stereocenters. The second-order valence-corrected chi connectivity index (χ2v) is 4.39. The molecule has 3 amide bonds. The van der Waals surface area contributed by atoms with Gasteiger partial charge in [0.05, 0.1) is 0 Å². The predicted octanol–water partition coefficient (Wildman–Crippen LogP) is 0.512. The lowest BCUT2D eigenvalue weighted by Gasteiger charge is -2.24. The summed E-state index contributed by atoms with van der Waals surface area (Å²) in [5.74, 6) is 0.872. The number of fused-ring (bicyclic) bond motifs is 1. The normalized spacial score (nSPS) is 25.6. The number of nitrogens with one attached hydrogen (secondary N) is 2. The van der Waals surface area contributed by atoms with E-state index in [9.17, 15) is 9.59 Å². The van der Waals surface area contributed by atoms with E-state index >= 15 is 0 Å². The van der Waals surface area contributed by atoms with Crippen LogP contribution >= 0.6 is 0 Å². The monoisotopic (exact) mass is 248 g/mol. The minimum atomic E-state index is -1.06. The molecule has 2 aliphatic rings. The minimum absolute atomic E-state index is 0.371. The molecule has 0 bridgehead atoms. The molecule has 1 fully saturated rings. The summed E-state index contributed by atoms with van der Waals surface area (Å²) in [6.07, 6.45) is 0. The van der Waals surface area contributed by atoms with Crippen molar-refractivity contribution in [2.45, 2.75) is 12.5 Å². The van der Waals surface area contributed by atoms with Crippen molar-refractivity contribution in [3.8, 4) is 11.5 Å². The number of hydrogen-bond acceptors (Lipinski definition) is 4. The van der Waals surface area contributed by atoms with Crippen molar-refractivity contribution >= 4 is 11.9 Å². The number of rotatable bonds is 1. The van der Waals surface area contributed by atoms with Crippen molar-refractivity contribution in [3.05, 3.63) is 23.8 Å².